The average molecular weight is 375 g/mol. The lowest BCUT2D eigenvalue weighted by Gasteiger charge is -2.33. The van der Waals surface area contributed by atoms with E-state index in [1.165, 1.54) is 21.6 Å². The Morgan fingerprint density at radius 2 is 2.12 bits per heavy atom. The predicted octanol–water partition coefficient (Wildman–Crippen LogP) is 4.30. The number of hydrogen-bond acceptors (Lipinski definition) is 3. The van der Waals surface area contributed by atoms with Crippen molar-refractivity contribution in [2.45, 2.75) is 19.4 Å². The van der Waals surface area contributed by atoms with Gasteiger partial charge in [0.25, 0.3) is 0 Å². The Hall–Kier alpha value is -1.62. The number of aryl methyl sites for hydroxylation is 1. The van der Waals surface area contributed by atoms with Gasteiger partial charge in [0.05, 0.1) is 10.9 Å². The van der Waals surface area contributed by atoms with E-state index in [0.717, 1.165) is 10.9 Å². The third-order valence-corrected chi connectivity index (χ3v) is 5.80. The average Bonchev–Trinajstić information content (AvgIpc) is 2.94. The van der Waals surface area contributed by atoms with E-state index in [9.17, 15) is 4.79 Å². The lowest BCUT2D eigenvalue weighted by atomic mass is 9.86. The molecule has 3 nitrogen and oxygen atoms in total. The Labute approximate surface area is 158 Å². The fourth-order valence-corrected chi connectivity index (χ4v) is 4.62. The number of carbonyl (C=O) groups is 1. The first-order valence-electron chi connectivity index (χ1n) is 8.39. The summed E-state index contributed by atoms with van der Waals surface area (Å²) >= 11 is 7.87. The van der Waals surface area contributed by atoms with E-state index in [-0.39, 0.29) is 11.8 Å². The maximum atomic E-state index is 12.7. The lowest BCUT2D eigenvalue weighted by molar-refractivity contribution is -0.127. The quantitative estimate of drug-likeness (QED) is 0.745. The number of rotatable bonds is 4. The van der Waals surface area contributed by atoms with Crippen LogP contribution in [-0.2, 0) is 11.3 Å². The number of fused-ring (bicyclic) bond motifs is 1. The molecular weight excluding hydrogens is 352 g/mol. The van der Waals surface area contributed by atoms with Crippen molar-refractivity contribution in [2.24, 2.45) is 0 Å². The van der Waals surface area contributed by atoms with Gasteiger partial charge in [-0.1, -0.05) is 41.9 Å². The molecule has 1 aliphatic heterocycles. The summed E-state index contributed by atoms with van der Waals surface area (Å²) in [5.41, 5.74) is 3.79. The van der Waals surface area contributed by atoms with Crippen molar-refractivity contribution in [3.8, 4) is 0 Å². The Kier molecular flexibility index (Phi) is 5.62. The molecule has 0 N–H and O–H groups in total. The first-order chi connectivity index (χ1) is 12.0. The van der Waals surface area contributed by atoms with Crippen LogP contribution in [0.15, 0.2) is 42.5 Å². The van der Waals surface area contributed by atoms with Crippen molar-refractivity contribution in [1.82, 2.24) is 9.80 Å². The molecule has 0 radical (unpaired) electrons. The van der Waals surface area contributed by atoms with Crippen LogP contribution < -0.4 is 0 Å². The number of benzene rings is 1. The summed E-state index contributed by atoms with van der Waals surface area (Å²) < 4.78 is 0.793. The van der Waals surface area contributed by atoms with Gasteiger partial charge < -0.3 is 9.80 Å². The molecule has 1 aliphatic rings. The van der Waals surface area contributed by atoms with E-state index in [4.69, 9.17) is 11.6 Å². The monoisotopic (exact) mass is 374 g/mol. The molecule has 132 valence electrons. The highest BCUT2D eigenvalue weighted by molar-refractivity contribution is 7.16. The van der Waals surface area contributed by atoms with Gasteiger partial charge >= 0.3 is 0 Å². The topological polar surface area (TPSA) is 23.6 Å². The van der Waals surface area contributed by atoms with Crippen LogP contribution in [0, 0.1) is 6.92 Å². The van der Waals surface area contributed by atoms with Crippen LogP contribution in [0.5, 0.6) is 0 Å². The molecule has 0 saturated heterocycles. The van der Waals surface area contributed by atoms with Gasteiger partial charge in [-0.05, 0) is 43.8 Å². The van der Waals surface area contributed by atoms with E-state index in [0.29, 0.717) is 13.1 Å². The van der Waals surface area contributed by atoms with Crippen molar-refractivity contribution in [3.63, 3.8) is 0 Å². The Balaban J connectivity index is 1.89. The van der Waals surface area contributed by atoms with Crippen LogP contribution in [0.25, 0.3) is 0 Å². The number of hydrogen-bond donors (Lipinski definition) is 0. The smallest absolute Gasteiger partial charge is 0.246 e. The third-order valence-electron chi connectivity index (χ3n) is 4.53. The molecule has 5 heteroatoms. The molecule has 2 heterocycles. The molecule has 0 fully saturated rings. The zero-order valence-electron chi connectivity index (χ0n) is 14.8. The molecule has 2 aromatic rings. The van der Waals surface area contributed by atoms with Gasteiger partial charge in [-0.25, -0.2) is 0 Å². The second-order valence-electron chi connectivity index (χ2n) is 6.72. The zero-order valence-corrected chi connectivity index (χ0v) is 16.4. The maximum Gasteiger partial charge on any atom is 0.246 e. The van der Waals surface area contributed by atoms with E-state index in [1.54, 1.807) is 17.4 Å². The second kappa shape index (κ2) is 7.73. The highest BCUT2D eigenvalue weighted by Crippen LogP contribution is 2.40. The molecule has 1 amide bonds. The third kappa shape index (κ3) is 4.14. The predicted molar refractivity (Wildman–Crippen MR) is 105 cm³/mol. The molecule has 0 saturated carbocycles. The molecule has 0 spiro atoms. The lowest BCUT2D eigenvalue weighted by Crippen LogP contribution is -2.37. The van der Waals surface area contributed by atoms with Crippen LogP contribution in [0.2, 0.25) is 4.34 Å². The number of amides is 1. The van der Waals surface area contributed by atoms with Crippen molar-refractivity contribution in [3.05, 3.63) is 68.4 Å². The summed E-state index contributed by atoms with van der Waals surface area (Å²) in [6.45, 7) is 4.22. The summed E-state index contributed by atoms with van der Waals surface area (Å²) in [5.74, 6) is 0.246. The number of halogens is 1. The number of likely N-dealkylation sites (N-methyl/N-ethyl adjacent to an activating group) is 1. The SMILES string of the molecule is Cc1ccccc1[C@@H]1CN(C(=O)/C=C/CN(C)C)Cc2sc(Cl)cc21. The minimum atomic E-state index is 0.0654. The van der Waals surface area contributed by atoms with Crippen LogP contribution in [0.3, 0.4) is 0 Å². The van der Waals surface area contributed by atoms with Crippen molar-refractivity contribution in [2.75, 3.05) is 27.2 Å². The summed E-state index contributed by atoms with van der Waals surface area (Å²) in [5, 5.41) is 0. The molecule has 3 rings (SSSR count). The Bertz CT molecular complexity index is 797. The van der Waals surface area contributed by atoms with Gasteiger partial charge in [0.15, 0.2) is 0 Å². The minimum absolute atomic E-state index is 0.0654. The molecule has 25 heavy (non-hydrogen) atoms. The van der Waals surface area contributed by atoms with Crippen LogP contribution in [0.4, 0.5) is 0 Å². The molecule has 1 aromatic heterocycles. The van der Waals surface area contributed by atoms with Gasteiger partial charge in [-0.3, -0.25) is 4.79 Å². The second-order valence-corrected chi connectivity index (χ2v) is 8.49. The van der Waals surface area contributed by atoms with E-state index in [1.807, 2.05) is 30.0 Å². The normalized spacial score (nSPS) is 17.3. The summed E-state index contributed by atoms with van der Waals surface area (Å²) in [7, 11) is 3.98. The first-order valence-corrected chi connectivity index (χ1v) is 9.59. The van der Waals surface area contributed by atoms with Crippen LogP contribution in [0.1, 0.15) is 27.5 Å². The molecule has 0 unspecified atom stereocenters. The summed E-state index contributed by atoms with van der Waals surface area (Å²) in [6, 6.07) is 10.5. The number of thiophene rings is 1. The zero-order chi connectivity index (χ0) is 18.0. The molecular formula is C20H23ClN2OS. The molecule has 1 aromatic carbocycles. The summed E-state index contributed by atoms with van der Waals surface area (Å²) in [4.78, 5) is 17.8. The maximum absolute atomic E-state index is 12.7. The van der Waals surface area contributed by atoms with E-state index in [2.05, 4.69) is 37.3 Å². The number of carbonyl (C=O) groups excluding carboxylic acids is 1. The van der Waals surface area contributed by atoms with Crippen molar-refractivity contribution >= 4 is 28.8 Å². The first kappa shape index (κ1) is 18.2. The highest BCUT2D eigenvalue weighted by Gasteiger charge is 2.31. The van der Waals surface area contributed by atoms with Crippen LogP contribution >= 0.6 is 22.9 Å². The molecule has 1 atom stereocenters. The largest absolute Gasteiger partial charge is 0.333 e. The summed E-state index contributed by atoms with van der Waals surface area (Å²) in [6.07, 6.45) is 3.61. The fourth-order valence-electron chi connectivity index (χ4n) is 3.27. The standard InChI is InChI=1S/C20H23ClN2OS/c1-14-7-4-5-8-15(14)17-12-23(20(24)9-6-10-22(2)3)13-18-16(17)11-19(21)25-18/h4-9,11,17H,10,12-13H2,1-3H3/b9-6+/t17-/m0/s1. The fraction of sp³-hybridized carbons (Fsp3) is 0.350. The van der Waals surface area contributed by atoms with Crippen molar-refractivity contribution < 1.29 is 4.79 Å². The van der Waals surface area contributed by atoms with Gasteiger partial charge in [0.2, 0.25) is 5.91 Å². The van der Waals surface area contributed by atoms with Gasteiger partial charge in [-0.15, -0.1) is 11.3 Å². The van der Waals surface area contributed by atoms with Gasteiger partial charge in [-0.2, -0.15) is 0 Å². The van der Waals surface area contributed by atoms with Crippen LogP contribution in [-0.4, -0.2) is 42.9 Å². The minimum Gasteiger partial charge on any atom is -0.333 e. The van der Waals surface area contributed by atoms with E-state index >= 15 is 0 Å². The van der Waals surface area contributed by atoms with Gasteiger partial charge in [0.1, 0.15) is 0 Å². The van der Waals surface area contributed by atoms with E-state index < -0.39 is 0 Å². The molecule has 0 bridgehead atoms. The number of nitrogens with zero attached hydrogens (tertiary/aromatic N) is 2. The Morgan fingerprint density at radius 3 is 2.84 bits per heavy atom. The Morgan fingerprint density at radius 1 is 1.36 bits per heavy atom. The van der Waals surface area contributed by atoms with Crippen molar-refractivity contribution in [1.29, 1.82) is 0 Å². The highest BCUT2D eigenvalue weighted by atomic mass is 35.5. The van der Waals surface area contributed by atoms with Gasteiger partial charge in [0, 0.05) is 30.0 Å². The molecule has 0 aliphatic carbocycles.